The Bertz CT molecular complexity index is 504. The number of amides is 1. The number of carbonyl (C=O) groups excluding carboxylic acids is 1. The van der Waals surface area contributed by atoms with Crippen molar-refractivity contribution < 1.29 is 4.79 Å². The molecule has 0 unspecified atom stereocenters. The molecule has 3 rings (SSSR count). The first kappa shape index (κ1) is 13.6. The van der Waals surface area contributed by atoms with E-state index in [4.69, 9.17) is 0 Å². The molecule has 2 heterocycles. The lowest BCUT2D eigenvalue weighted by Gasteiger charge is -2.30. The quantitative estimate of drug-likeness (QED) is 0.844. The van der Waals surface area contributed by atoms with Gasteiger partial charge in [0, 0.05) is 25.2 Å². The van der Waals surface area contributed by atoms with E-state index in [1.807, 2.05) is 17.0 Å². The number of benzene rings is 1. The summed E-state index contributed by atoms with van der Waals surface area (Å²) in [5.41, 5.74) is 3.54. The Hall–Kier alpha value is -1.35. The number of hydrogen-bond acceptors (Lipinski definition) is 2. The van der Waals surface area contributed by atoms with E-state index in [1.54, 1.807) is 0 Å². The van der Waals surface area contributed by atoms with E-state index in [1.165, 1.54) is 37.1 Å². The maximum atomic E-state index is 12.2. The summed E-state index contributed by atoms with van der Waals surface area (Å²) in [6.07, 6.45) is 2.60. The predicted octanol–water partition coefficient (Wildman–Crippen LogP) is 2.89. The monoisotopic (exact) mass is 272 g/mol. The molecule has 0 bridgehead atoms. The first-order valence-corrected chi connectivity index (χ1v) is 7.81. The Kier molecular flexibility index (Phi) is 3.79. The van der Waals surface area contributed by atoms with Gasteiger partial charge in [-0.1, -0.05) is 19.1 Å². The number of likely N-dealkylation sites (tertiary alicyclic amines) is 1. The van der Waals surface area contributed by atoms with Crippen LogP contribution in [0.4, 0.5) is 0 Å². The van der Waals surface area contributed by atoms with Crippen molar-refractivity contribution in [1.82, 2.24) is 9.80 Å². The van der Waals surface area contributed by atoms with Gasteiger partial charge in [0.05, 0.1) is 0 Å². The van der Waals surface area contributed by atoms with E-state index in [2.05, 4.69) is 24.8 Å². The van der Waals surface area contributed by atoms with Crippen LogP contribution in [-0.2, 0) is 13.1 Å². The highest BCUT2D eigenvalue weighted by Crippen LogP contribution is 2.27. The number of fused-ring (bicyclic) bond motifs is 1. The first-order chi connectivity index (χ1) is 9.69. The van der Waals surface area contributed by atoms with Crippen molar-refractivity contribution in [1.29, 1.82) is 0 Å². The number of hydrogen-bond donors (Lipinski definition) is 0. The molecule has 0 aromatic heterocycles. The third kappa shape index (κ3) is 2.47. The van der Waals surface area contributed by atoms with E-state index in [0.29, 0.717) is 0 Å². The highest BCUT2D eigenvalue weighted by atomic mass is 16.2. The topological polar surface area (TPSA) is 23.6 Å². The predicted molar refractivity (Wildman–Crippen MR) is 80.5 cm³/mol. The minimum atomic E-state index is 0.205. The van der Waals surface area contributed by atoms with Crippen LogP contribution >= 0.6 is 0 Å². The third-order valence-electron chi connectivity index (χ3n) is 4.79. The zero-order valence-corrected chi connectivity index (χ0v) is 12.6. The molecule has 0 radical (unpaired) electrons. The second-order valence-electron chi connectivity index (χ2n) is 6.22. The molecule has 0 spiro atoms. The van der Waals surface area contributed by atoms with Gasteiger partial charge in [-0.05, 0) is 56.0 Å². The SMILES string of the molecule is CCN1Cc2c(CN3CCC(C)CC3)cccc2C1=O. The maximum absolute atomic E-state index is 12.2. The second-order valence-corrected chi connectivity index (χ2v) is 6.22. The number of piperidine rings is 1. The van der Waals surface area contributed by atoms with Crippen LogP contribution in [-0.4, -0.2) is 35.3 Å². The molecule has 2 aliphatic rings. The van der Waals surface area contributed by atoms with Gasteiger partial charge in [0.1, 0.15) is 0 Å². The number of rotatable bonds is 3. The van der Waals surface area contributed by atoms with Gasteiger partial charge in [0.25, 0.3) is 5.91 Å². The Morgan fingerprint density at radius 1 is 1.25 bits per heavy atom. The van der Waals surface area contributed by atoms with E-state index < -0.39 is 0 Å². The first-order valence-electron chi connectivity index (χ1n) is 7.81. The molecule has 0 N–H and O–H groups in total. The highest BCUT2D eigenvalue weighted by molar-refractivity contribution is 5.98. The van der Waals surface area contributed by atoms with Crippen molar-refractivity contribution in [3.05, 3.63) is 34.9 Å². The molecule has 108 valence electrons. The lowest BCUT2D eigenvalue weighted by Crippen LogP contribution is -2.32. The molecule has 1 aromatic rings. The van der Waals surface area contributed by atoms with Gasteiger partial charge in [-0.2, -0.15) is 0 Å². The van der Waals surface area contributed by atoms with Gasteiger partial charge in [0.2, 0.25) is 0 Å². The summed E-state index contributed by atoms with van der Waals surface area (Å²) in [6, 6.07) is 6.22. The molecule has 1 saturated heterocycles. The van der Waals surface area contributed by atoms with Crippen molar-refractivity contribution in [2.45, 2.75) is 39.8 Å². The normalized spacial score (nSPS) is 20.5. The molecular formula is C17H24N2O. The molecule has 3 nitrogen and oxygen atoms in total. The summed E-state index contributed by atoms with van der Waals surface area (Å²) in [5.74, 6) is 1.07. The van der Waals surface area contributed by atoms with Gasteiger partial charge in [-0.15, -0.1) is 0 Å². The minimum Gasteiger partial charge on any atom is -0.335 e. The van der Waals surface area contributed by atoms with Crippen LogP contribution in [0.5, 0.6) is 0 Å². The van der Waals surface area contributed by atoms with Crippen molar-refractivity contribution in [3.63, 3.8) is 0 Å². The van der Waals surface area contributed by atoms with Crippen molar-refractivity contribution in [2.75, 3.05) is 19.6 Å². The van der Waals surface area contributed by atoms with E-state index >= 15 is 0 Å². The van der Waals surface area contributed by atoms with Gasteiger partial charge in [-0.25, -0.2) is 0 Å². The van der Waals surface area contributed by atoms with Crippen LogP contribution in [0, 0.1) is 5.92 Å². The summed E-state index contributed by atoms with van der Waals surface area (Å²) < 4.78 is 0. The molecule has 2 aliphatic heterocycles. The molecule has 1 fully saturated rings. The Morgan fingerprint density at radius 3 is 2.70 bits per heavy atom. The lowest BCUT2D eigenvalue weighted by molar-refractivity contribution is 0.0787. The van der Waals surface area contributed by atoms with E-state index in [9.17, 15) is 4.79 Å². The summed E-state index contributed by atoms with van der Waals surface area (Å²) in [7, 11) is 0. The maximum Gasteiger partial charge on any atom is 0.254 e. The zero-order chi connectivity index (χ0) is 14.1. The molecule has 1 amide bonds. The van der Waals surface area contributed by atoms with Crippen molar-refractivity contribution in [3.8, 4) is 0 Å². The Labute approximate surface area is 121 Å². The fourth-order valence-corrected chi connectivity index (χ4v) is 3.32. The molecule has 0 aliphatic carbocycles. The Morgan fingerprint density at radius 2 is 2.00 bits per heavy atom. The summed E-state index contributed by atoms with van der Waals surface area (Å²) >= 11 is 0. The molecule has 0 saturated carbocycles. The summed E-state index contributed by atoms with van der Waals surface area (Å²) in [4.78, 5) is 16.7. The van der Waals surface area contributed by atoms with Crippen molar-refractivity contribution >= 4 is 5.91 Å². The van der Waals surface area contributed by atoms with Crippen LogP contribution in [0.2, 0.25) is 0 Å². The fraction of sp³-hybridized carbons (Fsp3) is 0.588. The van der Waals surface area contributed by atoms with Crippen LogP contribution in [0.15, 0.2) is 18.2 Å². The van der Waals surface area contributed by atoms with Gasteiger partial charge in [-0.3, -0.25) is 9.69 Å². The second kappa shape index (κ2) is 5.57. The summed E-state index contributed by atoms with van der Waals surface area (Å²) in [5, 5.41) is 0. The molecule has 20 heavy (non-hydrogen) atoms. The largest absolute Gasteiger partial charge is 0.335 e. The van der Waals surface area contributed by atoms with Gasteiger partial charge in [0.15, 0.2) is 0 Å². The smallest absolute Gasteiger partial charge is 0.254 e. The summed E-state index contributed by atoms with van der Waals surface area (Å²) in [6.45, 7) is 9.37. The standard InChI is InChI=1S/C17H24N2O/c1-3-19-12-16-14(5-4-6-15(16)17(19)20)11-18-9-7-13(2)8-10-18/h4-6,13H,3,7-12H2,1-2H3. The molecule has 1 aromatic carbocycles. The highest BCUT2D eigenvalue weighted by Gasteiger charge is 2.28. The van der Waals surface area contributed by atoms with E-state index in [-0.39, 0.29) is 5.91 Å². The third-order valence-corrected chi connectivity index (χ3v) is 4.79. The molecule has 3 heteroatoms. The molecule has 0 atom stereocenters. The van der Waals surface area contributed by atoms with Crippen LogP contribution in [0.3, 0.4) is 0 Å². The minimum absolute atomic E-state index is 0.205. The van der Waals surface area contributed by atoms with Crippen LogP contribution < -0.4 is 0 Å². The Balaban J connectivity index is 1.77. The fourth-order valence-electron chi connectivity index (χ4n) is 3.32. The zero-order valence-electron chi connectivity index (χ0n) is 12.6. The average molecular weight is 272 g/mol. The molecular weight excluding hydrogens is 248 g/mol. The number of nitrogens with zero attached hydrogens (tertiary/aromatic N) is 2. The van der Waals surface area contributed by atoms with Crippen LogP contribution in [0.25, 0.3) is 0 Å². The number of carbonyl (C=O) groups is 1. The van der Waals surface area contributed by atoms with Gasteiger partial charge < -0.3 is 4.90 Å². The van der Waals surface area contributed by atoms with E-state index in [0.717, 1.165) is 31.1 Å². The lowest BCUT2D eigenvalue weighted by atomic mass is 9.97. The van der Waals surface area contributed by atoms with Gasteiger partial charge >= 0.3 is 0 Å². The van der Waals surface area contributed by atoms with Crippen molar-refractivity contribution in [2.24, 2.45) is 5.92 Å². The van der Waals surface area contributed by atoms with Crippen LogP contribution in [0.1, 0.15) is 48.2 Å². The average Bonchev–Trinajstić information content (AvgIpc) is 2.79.